The second kappa shape index (κ2) is 24.6. The lowest BCUT2D eigenvalue weighted by Gasteiger charge is -2.48. The summed E-state index contributed by atoms with van der Waals surface area (Å²) in [6.07, 6.45) is -8.64. The quantitative estimate of drug-likeness (QED) is 0.102. The average molecular weight is 987 g/mol. The Hall–Kier alpha value is -3.30. The Labute approximate surface area is 416 Å². The molecule has 2 aromatic carbocycles. The SMILES string of the molecule is CC[C@H]1OC(=O)[C@H](C)[C@@H](O[C@H]2C[C@@](C)(OC)[C@@H](O)[C@H](C)O2)[C@H](C)[C@@H](O[C@@H]2O[C@H](C)C[C@H](N(C)C)[C@H]2O)[C@](C)(O)C[C@@H](C)CN(CCCNC(=O)Nc2ccccc2-c2ccccc2)[C@H](C)[C@@H](O)[C@]1(C)O. The number of rotatable bonds is 13. The van der Waals surface area contributed by atoms with Crippen LogP contribution < -0.4 is 10.6 Å². The molecule has 0 saturated carbocycles. The molecule has 0 radical (unpaired) electrons. The van der Waals surface area contributed by atoms with Crippen molar-refractivity contribution in [2.75, 3.05) is 46.2 Å². The van der Waals surface area contributed by atoms with Gasteiger partial charge in [-0.25, -0.2) is 4.79 Å². The van der Waals surface area contributed by atoms with Gasteiger partial charge >= 0.3 is 12.0 Å². The fraction of sp³-hybridized carbons (Fsp3) is 0.736. The predicted octanol–water partition coefficient (Wildman–Crippen LogP) is 5.15. The molecule has 3 fully saturated rings. The van der Waals surface area contributed by atoms with Gasteiger partial charge in [0.25, 0.3) is 0 Å². The molecule has 2 aromatic rings. The highest BCUT2D eigenvalue weighted by atomic mass is 16.7. The van der Waals surface area contributed by atoms with Crippen LogP contribution in [-0.4, -0.2) is 178 Å². The summed E-state index contributed by atoms with van der Waals surface area (Å²) in [6.45, 7) is 18.5. The highest BCUT2D eigenvalue weighted by Gasteiger charge is 2.53. The second-order valence-corrected chi connectivity index (χ2v) is 21.4. The normalized spacial score (nSPS) is 39.6. The zero-order chi connectivity index (χ0) is 51.9. The number of ether oxygens (including phenoxy) is 6. The number of para-hydroxylation sites is 1. The van der Waals surface area contributed by atoms with E-state index in [9.17, 15) is 35.1 Å². The van der Waals surface area contributed by atoms with Gasteiger partial charge in [0.2, 0.25) is 0 Å². The van der Waals surface area contributed by atoms with E-state index in [2.05, 4.69) is 10.6 Å². The number of methoxy groups -OCH3 is 1. The fourth-order valence-electron chi connectivity index (χ4n) is 11.0. The van der Waals surface area contributed by atoms with Gasteiger partial charge in [0.15, 0.2) is 12.6 Å². The van der Waals surface area contributed by atoms with E-state index in [0.29, 0.717) is 31.6 Å². The van der Waals surface area contributed by atoms with E-state index in [1.807, 2.05) is 99.3 Å². The van der Waals surface area contributed by atoms with Crippen LogP contribution in [0.25, 0.3) is 11.1 Å². The topological polar surface area (TPSA) is 221 Å². The molecule has 3 heterocycles. The van der Waals surface area contributed by atoms with Crippen molar-refractivity contribution in [1.29, 1.82) is 0 Å². The molecular weight excluding hydrogens is 901 g/mol. The monoisotopic (exact) mass is 987 g/mol. The maximum atomic E-state index is 14.6. The minimum absolute atomic E-state index is 0.0973. The Kier molecular flexibility index (Phi) is 20.3. The van der Waals surface area contributed by atoms with Crippen LogP contribution in [0.2, 0.25) is 0 Å². The van der Waals surface area contributed by atoms with Crippen molar-refractivity contribution >= 4 is 17.7 Å². The molecule has 396 valence electrons. The van der Waals surface area contributed by atoms with Gasteiger partial charge in [-0.05, 0) is 106 Å². The molecule has 0 aliphatic carbocycles. The Morgan fingerprint density at radius 2 is 1.56 bits per heavy atom. The second-order valence-electron chi connectivity index (χ2n) is 21.4. The highest BCUT2D eigenvalue weighted by molar-refractivity contribution is 5.94. The van der Waals surface area contributed by atoms with Crippen molar-refractivity contribution in [3.8, 4) is 11.1 Å². The summed E-state index contributed by atoms with van der Waals surface area (Å²) >= 11 is 0. The number of aliphatic hydroxyl groups excluding tert-OH is 3. The number of aliphatic hydroxyl groups is 5. The van der Waals surface area contributed by atoms with E-state index in [4.69, 9.17) is 28.4 Å². The first kappa shape index (κ1) is 57.6. The smallest absolute Gasteiger partial charge is 0.319 e. The molecule has 3 saturated heterocycles. The lowest BCUT2D eigenvalue weighted by molar-refractivity contribution is -0.318. The summed E-state index contributed by atoms with van der Waals surface area (Å²) in [6, 6.07) is 16.0. The number of carbonyl (C=O) groups is 2. The third-order valence-electron chi connectivity index (χ3n) is 15.2. The van der Waals surface area contributed by atoms with E-state index in [1.165, 1.54) is 14.0 Å². The van der Waals surface area contributed by atoms with Crippen molar-refractivity contribution in [3.05, 3.63) is 54.6 Å². The zero-order valence-corrected chi connectivity index (χ0v) is 43.9. The van der Waals surface area contributed by atoms with Crippen LogP contribution >= 0.6 is 0 Å². The van der Waals surface area contributed by atoms with Crippen LogP contribution in [0.5, 0.6) is 0 Å². The molecule has 3 aliphatic heterocycles. The van der Waals surface area contributed by atoms with Crippen LogP contribution in [-0.2, 0) is 33.2 Å². The summed E-state index contributed by atoms with van der Waals surface area (Å²) in [4.78, 5) is 31.8. The molecular formula is C53H86N4O13. The fourth-order valence-corrected chi connectivity index (χ4v) is 11.0. The molecule has 0 aromatic heterocycles. The minimum atomic E-state index is -1.93. The van der Waals surface area contributed by atoms with Crippen molar-refractivity contribution in [3.63, 3.8) is 0 Å². The highest BCUT2D eigenvalue weighted by Crippen LogP contribution is 2.40. The Bertz CT molecular complexity index is 1960. The van der Waals surface area contributed by atoms with Gasteiger partial charge < -0.3 is 69.5 Å². The van der Waals surface area contributed by atoms with Crippen molar-refractivity contribution in [1.82, 2.24) is 15.1 Å². The van der Waals surface area contributed by atoms with Crippen LogP contribution in [0, 0.1) is 17.8 Å². The number of benzene rings is 2. The average Bonchev–Trinajstić information content (AvgIpc) is 3.31. The van der Waals surface area contributed by atoms with Crippen molar-refractivity contribution in [2.45, 2.75) is 192 Å². The number of hydrogen-bond donors (Lipinski definition) is 7. The summed E-state index contributed by atoms with van der Waals surface area (Å²) in [5.41, 5.74) is -2.15. The largest absolute Gasteiger partial charge is 0.459 e. The standard InChI is InChI=1S/C53H86N4O13/c1-14-41-53(10,64)45(59)35(6)57(26-20-25-54-50(62)55-39-24-19-18-23-38(39)37-21-16-15-17-22-37)30-31(2)28-51(8,63)47(70-49-43(58)40(56(11)12)27-32(3)66-49)33(4)44(34(5)48(61)68-41)69-42-29-52(9,65-13)46(60)36(7)67-42/h15-19,21-24,31-36,40-47,49,58-60,63-64H,14,20,25-30H2,1-13H3,(H2,54,55,62)/t31-,32-,33+,34-,35-,36+,40+,41-,42+,43-,44+,45-,46+,47-,49+,51-,52-,53-/m1/s1. The number of nitrogens with one attached hydrogen (secondary N) is 2. The van der Waals surface area contributed by atoms with Crippen molar-refractivity contribution < 1.29 is 63.5 Å². The molecule has 3 aliphatic rings. The number of urea groups is 1. The molecule has 2 amide bonds. The Morgan fingerprint density at radius 1 is 0.900 bits per heavy atom. The Balaban J connectivity index is 1.47. The number of carbonyl (C=O) groups excluding carboxylic acids is 2. The first-order valence-electron chi connectivity index (χ1n) is 25.3. The molecule has 17 heteroatoms. The van der Waals surface area contributed by atoms with Crippen molar-refractivity contribution in [2.24, 2.45) is 17.8 Å². The van der Waals surface area contributed by atoms with Gasteiger partial charge in [-0.3, -0.25) is 9.69 Å². The maximum Gasteiger partial charge on any atom is 0.319 e. The lowest BCUT2D eigenvalue weighted by Crippen LogP contribution is -2.60. The number of hydrogen-bond acceptors (Lipinski definition) is 15. The van der Waals surface area contributed by atoms with Gasteiger partial charge in [-0.15, -0.1) is 0 Å². The number of anilines is 1. The Morgan fingerprint density at radius 3 is 2.20 bits per heavy atom. The molecule has 0 unspecified atom stereocenters. The van der Waals surface area contributed by atoms with E-state index >= 15 is 0 Å². The summed E-state index contributed by atoms with van der Waals surface area (Å²) < 4.78 is 38.1. The number of esters is 1. The molecule has 70 heavy (non-hydrogen) atoms. The maximum absolute atomic E-state index is 14.6. The molecule has 7 N–H and O–H groups in total. The van der Waals surface area contributed by atoms with E-state index in [0.717, 1.165) is 11.1 Å². The molecule has 17 nitrogen and oxygen atoms in total. The third kappa shape index (κ3) is 13.8. The van der Waals surface area contributed by atoms with E-state index in [1.54, 1.807) is 41.5 Å². The van der Waals surface area contributed by atoms with Gasteiger partial charge in [-0.1, -0.05) is 69.3 Å². The number of likely N-dealkylation sites (N-methyl/N-ethyl adjacent to an activating group) is 1. The van der Waals surface area contributed by atoms with Gasteiger partial charge in [0.1, 0.15) is 30.0 Å². The summed E-state index contributed by atoms with van der Waals surface area (Å²) in [7, 11) is 5.26. The summed E-state index contributed by atoms with van der Waals surface area (Å²) in [5.74, 6) is -2.90. The van der Waals surface area contributed by atoms with E-state index in [-0.39, 0.29) is 49.9 Å². The van der Waals surface area contributed by atoms with Crippen LogP contribution in [0.15, 0.2) is 54.6 Å². The van der Waals surface area contributed by atoms with Crippen LogP contribution in [0.3, 0.4) is 0 Å². The number of cyclic esters (lactones) is 1. The third-order valence-corrected chi connectivity index (χ3v) is 15.2. The minimum Gasteiger partial charge on any atom is -0.459 e. The molecule has 5 rings (SSSR count). The van der Waals surface area contributed by atoms with Gasteiger partial charge in [0.05, 0.1) is 47.2 Å². The summed E-state index contributed by atoms with van der Waals surface area (Å²) in [5, 5.41) is 66.1. The molecule has 0 spiro atoms. The van der Waals surface area contributed by atoms with Gasteiger partial charge in [0, 0.05) is 56.7 Å². The van der Waals surface area contributed by atoms with Crippen LogP contribution in [0.4, 0.5) is 10.5 Å². The zero-order valence-electron chi connectivity index (χ0n) is 43.9. The van der Waals surface area contributed by atoms with Crippen LogP contribution in [0.1, 0.15) is 101 Å². The molecule has 18 atom stereocenters. The van der Waals surface area contributed by atoms with Gasteiger partial charge in [-0.2, -0.15) is 0 Å². The number of nitrogens with zero attached hydrogens (tertiary/aromatic N) is 2. The first-order chi connectivity index (χ1) is 32.8. The lowest BCUT2D eigenvalue weighted by atomic mass is 9.77. The first-order valence-corrected chi connectivity index (χ1v) is 25.3. The van der Waals surface area contributed by atoms with E-state index < -0.39 is 96.0 Å². The number of amides is 2. The predicted molar refractivity (Wildman–Crippen MR) is 267 cm³/mol. The molecule has 0 bridgehead atoms.